The lowest BCUT2D eigenvalue weighted by Crippen LogP contribution is -2.43. The summed E-state index contributed by atoms with van der Waals surface area (Å²) < 4.78 is 0. The van der Waals surface area contributed by atoms with Crippen molar-refractivity contribution in [1.82, 2.24) is 10.2 Å². The molecule has 0 aromatic carbocycles. The largest absolute Gasteiger partial charge is 0.313 e. The van der Waals surface area contributed by atoms with E-state index in [1.807, 2.05) is 0 Å². The fourth-order valence-corrected chi connectivity index (χ4v) is 2.24. The van der Waals surface area contributed by atoms with Crippen molar-refractivity contribution in [1.29, 1.82) is 0 Å². The smallest absolute Gasteiger partial charge is 0.0195 e. The lowest BCUT2D eigenvalue weighted by atomic mass is 10.1. The maximum atomic E-state index is 3.66. The van der Waals surface area contributed by atoms with E-state index in [-0.39, 0.29) is 0 Å². The topological polar surface area (TPSA) is 15.3 Å². The van der Waals surface area contributed by atoms with Gasteiger partial charge in [-0.2, -0.15) is 0 Å². The molecule has 1 aliphatic heterocycles. The van der Waals surface area contributed by atoms with Gasteiger partial charge >= 0.3 is 0 Å². The highest BCUT2D eigenvalue weighted by Gasteiger charge is 2.16. The molecule has 1 fully saturated rings. The van der Waals surface area contributed by atoms with Crippen LogP contribution in [0.15, 0.2) is 0 Å². The Kier molecular flexibility index (Phi) is 5.49. The highest BCUT2D eigenvalue weighted by atomic mass is 15.2. The molecule has 84 valence electrons. The van der Waals surface area contributed by atoms with Gasteiger partial charge in [0.05, 0.1) is 0 Å². The summed E-state index contributed by atoms with van der Waals surface area (Å²) in [5, 5.41) is 3.66. The molecule has 1 atom stereocenters. The second kappa shape index (κ2) is 6.41. The lowest BCUT2D eigenvalue weighted by molar-refractivity contribution is 0.205. The molecular weight excluding hydrogens is 172 g/mol. The van der Waals surface area contributed by atoms with Crippen molar-refractivity contribution in [2.45, 2.75) is 58.5 Å². The molecule has 14 heavy (non-hydrogen) atoms. The average Bonchev–Trinajstić information content (AvgIpc) is 2.41. The summed E-state index contributed by atoms with van der Waals surface area (Å²) in [6.45, 7) is 10.5. The molecule has 0 spiro atoms. The van der Waals surface area contributed by atoms with Gasteiger partial charge in [-0.3, -0.25) is 4.90 Å². The van der Waals surface area contributed by atoms with Crippen LogP contribution in [-0.2, 0) is 0 Å². The zero-order valence-electron chi connectivity index (χ0n) is 10.1. The van der Waals surface area contributed by atoms with E-state index in [2.05, 4.69) is 31.0 Å². The summed E-state index contributed by atoms with van der Waals surface area (Å²) in [6.07, 6.45) is 5.55. The summed E-state index contributed by atoms with van der Waals surface area (Å²) in [7, 11) is 0. The first-order valence-electron chi connectivity index (χ1n) is 6.21. The van der Waals surface area contributed by atoms with Crippen LogP contribution in [0.25, 0.3) is 0 Å². The fraction of sp³-hybridized carbons (Fsp3) is 1.00. The van der Waals surface area contributed by atoms with Crippen molar-refractivity contribution >= 4 is 0 Å². The van der Waals surface area contributed by atoms with Gasteiger partial charge in [-0.15, -0.1) is 0 Å². The highest BCUT2D eigenvalue weighted by molar-refractivity contribution is 4.75. The van der Waals surface area contributed by atoms with E-state index in [0.717, 1.165) is 6.04 Å². The van der Waals surface area contributed by atoms with Crippen molar-refractivity contribution in [2.24, 2.45) is 0 Å². The molecule has 1 saturated heterocycles. The molecule has 0 aliphatic carbocycles. The number of nitrogens with one attached hydrogen (secondary N) is 1. The quantitative estimate of drug-likeness (QED) is 0.745. The third-order valence-electron chi connectivity index (χ3n) is 3.25. The first-order chi connectivity index (χ1) is 6.74. The van der Waals surface area contributed by atoms with Gasteiger partial charge < -0.3 is 5.32 Å². The molecule has 1 rings (SSSR count). The van der Waals surface area contributed by atoms with Crippen LogP contribution in [0.2, 0.25) is 0 Å². The first kappa shape index (κ1) is 12.0. The Hall–Kier alpha value is -0.0800. The summed E-state index contributed by atoms with van der Waals surface area (Å²) in [6, 6.07) is 1.42. The number of nitrogens with zero attached hydrogens (tertiary/aromatic N) is 1. The Morgan fingerprint density at radius 2 is 2.07 bits per heavy atom. The Morgan fingerprint density at radius 3 is 2.71 bits per heavy atom. The Bertz CT molecular complexity index is 137. The third-order valence-corrected chi connectivity index (χ3v) is 3.25. The van der Waals surface area contributed by atoms with Crippen molar-refractivity contribution in [2.75, 3.05) is 19.6 Å². The minimum atomic E-state index is 0.685. The maximum Gasteiger partial charge on any atom is 0.0195 e. The molecule has 2 heteroatoms. The first-order valence-corrected chi connectivity index (χ1v) is 6.21. The van der Waals surface area contributed by atoms with Gasteiger partial charge in [0.25, 0.3) is 0 Å². The van der Waals surface area contributed by atoms with Gasteiger partial charge in [0.15, 0.2) is 0 Å². The number of hydrogen-bond donors (Lipinski definition) is 1. The summed E-state index contributed by atoms with van der Waals surface area (Å²) in [4.78, 5) is 2.56. The Balaban J connectivity index is 2.32. The zero-order valence-corrected chi connectivity index (χ0v) is 10.1. The van der Waals surface area contributed by atoms with E-state index in [4.69, 9.17) is 0 Å². The zero-order chi connectivity index (χ0) is 10.4. The van der Waals surface area contributed by atoms with E-state index in [1.54, 1.807) is 0 Å². The Labute approximate surface area is 89.1 Å². The highest BCUT2D eigenvalue weighted by Crippen LogP contribution is 2.10. The second-order valence-electron chi connectivity index (χ2n) is 4.68. The molecule has 1 N–H and O–H groups in total. The number of rotatable bonds is 4. The lowest BCUT2D eigenvalue weighted by Gasteiger charge is -2.29. The summed E-state index contributed by atoms with van der Waals surface area (Å²) >= 11 is 0. The monoisotopic (exact) mass is 198 g/mol. The summed E-state index contributed by atoms with van der Waals surface area (Å²) in [5.74, 6) is 0. The molecule has 0 radical (unpaired) electrons. The van der Waals surface area contributed by atoms with Crippen LogP contribution in [0.5, 0.6) is 0 Å². The molecule has 1 aliphatic rings. The normalized spacial score (nSPS) is 24.2. The predicted molar refractivity (Wildman–Crippen MR) is 62.6 cm³/mol. The van der Waals surface area contributed by atoms with Gasteiger partial charge in [-0.1, -0.05) is 19.8 Å². The van der Waals surface area contributed by atoms with Gasteiger partial charge in [0.1, 0.15) is 0 Å². The van der Waals surface area contributed by atoms with Gasteiger partial charge in [0, 0.05) is 18.6 Å². The van der Waals surface area contributed by atoms with Gasteiger partial charge in [0.2, 0.25) is 0 Å². The van der Waals surface area contributed by atoms with Crippen LogP contribution in [0.1, 0.15) is 46.5 Å². The molecule has 0 bridgehead atoms. The SMILES string of the molecule is CCN(CC1CCCCCN1)C(C)C. The van der Waals surface area contributed by atoms with Crippen molar-refractivity contribution in [3.8, 4) is 0 Å². The van der Waals surface area contributed by atoms with Crippen molar-refractivity contribution < 1.29 is 0 Å². The van der Waals surface area contributed by atoms with E-state index in [9.17, 15) is 0 Å². The molecule has 2 nitrogen and oxygen atoms in total. The minimum Gasteiger partial charge on any atom is -0.313 e. The molecule has 0 saturated carbocycles. The van der Waals surface area contributed by atoms with Crippen LogP contribution < -0.4 is 5.32 Å². The molecule has 0 amide bonds. The average molecular weight is 198 g/mol. The van der Waals surface area contributed by atoms with Gasteiger partial charge in [-0.05, 0) is 39.8 Å². The van der Waals surface area contributed by atoms with E-state index in [0.29, 0.717) is 6.04 Å². The van der Waals surface area contributed by atoms with E-state index >= 15 is 0 Å². The van der Waals surface area contributed by atoms with Gasteiger partial charge in [-0.25, -0.2) is 0 Å². The molecular formula is C12H26N2. The van der Waals surface area contributed by atoms with Crippen LogP contribution >= 0.6 is 0 Å². The Morgan fingerprint density at radius 1 is 1.29 bits per heavy atom. The maximum absolute atomic E-state index is 3.66. The predicted octanol–water partition coefficient (Wildman–Crippen LogP) is 2.25. The fourth-order valence-electron chi connectivity index (χ4n) is 2.24. The summed E-state index contributed by atoms with van der Waals surface area (Å²) in [5.41, 5.74) is 0. The van der Waals surface area contributed by atoms with Crippen LogP contribution in [0.4, 0.5) is 0 Å². The molecule has 0 aromatic heterocycles. The number of hydrogen-bond acceptors (Lipinski definition) is 2. The minimum absolute atomic E-state index is 0.685. The number of likely N-dealkylation sites (N-methyl/N-ethyl adjacent to an activating group) is 1. The van der Waals surface area contributed by atoms with Crippen molar-refractivity contribution in [3.05, 3.63) is 0 Å². The molecule has 1 unspecified atom stereocenters. The molecule has 0 aromatic rings. The van der Waals surface area contributed by atoms with Crippen molar-refractivity contribution in [3.63, 3.8) is 0 Å². The third kappa shape index (κ3) is 3.97. The van der Waals surface area contributed by atoms with Crippen LogP contribution in [0.3, 0.4) is 0 Å². The van der Waals surface area contributed by atoms with Crippen LogP contribution in [-0.4, -0.2) is 36.6 Å². The second-order valence-corrected chi connectivity index (χ2v) is 4.68. The van der Waals surface area contributed by atoms with E-state index < -0.39 is 0 Å². The van der Waals surface area contributed by atoms with E-state index in [1.165, 1.54) is 45.3 Å². The molecule has 1 heterocycles. The standard InChI is InChI=1S/C12H26N2/c1-4-14(11(2)3)10-12-8-6-5-7-9-13-12/h11-13H,4-10H2,1-3H3. The van der Waals surface area contributed by atoms with Crippen LogP contribution in [0, 0.1) is 0 Å².